The van der Waals surface area contributed by atoms with Crippen molar-refractivity contribution in [2.75, 3.05) is 0 Å². The molecule has 0 aliphatic heterocycles. The molecule has 1 aliphatic carbocycles. The van der Waals surface area contributed by atoms with Crippen LogP contribution in [0.3, 0.4) is 0 Å². The molecule has 0 saturated heterocycles. The number of aromatic nitrogens is 1. The van der Waals surface area contributed by atoms with Crippen LogP contribution in [0.15, 0.2) is 42.5 Å². The van der Waals surface area contributed by atoms with Gasteiger partial charge in [-0.3, -0.25) is 9.59 Å². The maximum Gasteiger partial charge on any atom is 0.304 e. The van der Waals surface area contributed by atoms with E-state index in [1.54, 1.807) is 11.3 Å². The number of hydrogen-bond acceptors (Lipinski definition) is 4. The second-order valence-corrected chi connectivity index (χ2v) is 8.93. The summed E-state index contributed by atoms with van der Waals surface area (Å²) in [6.45, 7) is 2.47. The molecule has 2 aromatic carbocycles. The van der Waals surface area contributed by atoms with Crippen molar-refractivity contribution in [2.45, 2.75) is 45.6 Å². The number of amides is 1. The number of fused-ring (bicyclic) bond motifs is 2. The number of carbonyl (C=O) groups is 2. The van der Waals surface area contributed by atoms with E-state index in [2.05, 4.69) is 35.4 Å². The summed E-state index contributed by atoms with van der Waals surface area (Å²) in [4.78, 5) is 29.3. The van der Waals surface area contributed by atoms with Crippen LogP contribution in [0.2, 0.25) is 0 Å². The predicted molar refractivity (Wildman–Crippen MR) is 114 cm³/mol. The lowest BCUT2D eigenvalue weighted by Gasteiger charge is -2.25. The number of benzene rings is 2. The Balaban J connectivity index is 1.50. The lowest BCUT2D eigenvalue weighted by Crippen LogP contribution is -2.43. The van der Waals surface area contributed by atoms with Crippen molar-refractivity contribution in [1.82, 2.24) is 10.3 Å². The van der Waals surface area contributed by atoms with Gasteiger partial charge < -0.3 is 10.4 Å². The molecule has 2 N–H and O–H groups in total. The lowest BCUT2D eigenvalue weighted by molar-refractivity contribution is -0.145. The molecule has 5 nitrogen and oxygen atoms in total. The highest BCUT2D eigenvalue weighted by atomic mass is 32.1. The Labute approximate surface area is 173 Å². The van der Waals surface area contributed by atoms with Crippen molar-refractivity contribution < 1.29 is 14.7 Å². The van der Waals surface area contributed by atoms with Crippen LogP contribution in [0, 0.1) is 5.41 Å². The van der Waals surface area contributed by atoms with Crippen LogP contribution in [-0.2, 0) is 35.4 Å². The first-order chi connectivity index (χ1) is 14.0. The zero-order chi connectivity index (χ0) is 20.4. The van der Waals surface area contributed by atoms with Gasteiger partial charge in [-0.1, -0.05) is 43.7 Å². The van der Waals surface area contributed by atoms with Gasteiger partial charge >= 0.3 is 5.97 Å². The molecule has 0 fully saturated rings. The van der Waals surface area contributed by atoms with Gasteiger partial charge in [0.15, 0.2) is 0 Å². The summed E-state index contributed by atoms with van der Waals surface area (Å²) in [5.74, 6) is -1.15. The maximum absolute atomic E-state index is 13.1. The second-order valence-electron chi connectivity index (χ2n) is 7.82. The molecule has 0 atom stereocenters. The minimum absolute atomic E-state index is 0.173. The molecule has 3 aromatic rings. The maximum atomic E-state index is 13.1. The molecule has 0 radical (unpaired) electrons. The third kappa shape index (κ3) is 4.03. The van der Waals surface area contributed by atoms with Crippen molar-refractivity contribution in [3.05, 3.63) is 64.2 Å². The minimum Gasteiger partial charge on any atom is -0.481 e. The van der Waals surface area contributed by atoms with Crippen molar-refractivity contribution in [3.8, 4) is 0 Å². The fourth-order valence-electron chi connectivity index (χ4n) is 4.23. The van der Waals surface area contributed by atoms with Crippen LogP contribution >= 0.6 is 11.3 Å². The van der Waals surface area contributed by atoms with Gasteiger partial charge in [0.2, 0.25) is 5.91 Å². The van der Waals surface area contributed by atoms with Crippen molar-refractivity contribution in [3.63, 3.8) is 0 Å². The largest absolute Gasteiger partial charge is 0.481 e. The predicted octanol–water partition coefficient (Wildman–Crippen LogP) is 4.12. The molecule has 150 valence electrons. The Morgan fingerprint density at radius 1 is 1.17 bits per heavy atom. The van der Waals surface area contributed by atoms with Crippen molar-refractivity contribution in [2.24, 2.45) is 5.41 Å². The first-order valence-corrected chi connectivity index (χ1v) is 10.8. The van der Waals surface area contributed by atoms with Crippen LogP contribution in [0.5, 0.6) is 0 Å². The van der Waals surface area contributed by atoms with E-state index < -0.39 is 11.4 Å². The summed E-state index contributed by atoms with van der Waals surface area (Å²) >= 11 is 1.57. The van der Waals surface area contributed by atoms with E-state index in [1.807, 2.05) is 24.3 Å². The van der Waals surface area contributed by atoms with E-state index in [4.69, 9.17) is 0 Å². The molecule has 1 aromatic heterocycles. The Kier molecular flexibility index (Phi) is 5.37. The van der Waals surface area contributed by atoms with Crippen LogP contribution < -0.4 is 5.32 Å². The SMILES string of the molecule is CCCc1ccc2sc(CNC(=O)C3(CC(=O)O)Cc4ccccc4C3)nc2c1. The summed E-state index contributed by atoms with van der Waals surface area (Å²) in [7, 11) is 0. The van der Waals surface area contributed by atoms with Crippen molar-refractivity contribution >= 4 is 33.4 Å². The fraction of sp³-hybridized carbons (Fsp3) is 0.348. The van der Waals surface area contributed by atoms with Gasteiger partial charge in [-0.25, -0.2) is 4.98 Å². The van der Waals surface area contributed by atoms with Crippen LogP contribution in [0.1, 0.15) is 41.5 Å². The van der Waals surface area contributed by atoms with Gasteiger partial charge in [-0.15, -0.1) is 11.3 Å². The Morgan fingerprint density at radius 3 is 2.55 bits per heavy atom. The molecule has 0 spiro atoms. The fourth-order valence-corrected chi connectivity index (χ4v) is 5.12. The highest BCUT2D eigenvalue weighted by Gasteiger charge is 2.45. The van der Waals surface area contributed by atoms with E-state index in [9.17, 15) is 14.7 Å². The van der Waals surface area contributed by atoms with Gasteiger partial charge in [-0.05, 0) is 48.1 Å². The Bertz CT molecular complexity index is 1050. The minimum atomic E-state index is -0.948. The zero-order valence-electron chi connectivity index (χ0n) is 16.4. The Morgan fingerprint density at radius 2 is 1.90 bits per heavy atom. The molecule has 1 aliphatic rings. The number of nitrogens with one attached hydrogen (secondary N) is 1. The molecule has 4 rings (SSSR count). The monoisotopic (exact) mass is 408 g/mol. The number of rotatable bonds is 7. The first-order valence-electron chi connectivity index (χ1n) is 9.94. The summed E-state index contributed by atoms with van der Waals surface area (Å²) in [6.07, 6.45) is 2.86. The smallest absolute Gasteiger partial charge is 0.304 e. The number of carboxylic acid groups (broad SMARTS) is 1. The highest BCUT2D eigenvalue weighted by molar-refractivity contribution is 7.18. The normalized spacial score (nSPS) is 14.7. The average Bonchev–Trinajstić information content (AvgIpc) is 3.26. The van der Waals surface area contributed by atoms with Gasteiger partial charge in [0, 0.05) is 0 Å². The van der Waals surface area contributed by atoms with Gasteiger partial charge in [-0.2, -0.15) is 0 Å². The van der Waals surface area contributed by atoms with E-state index >= 15 is 0 Å². The molecule has 1 amide bonds. The second kappa shape index (κ2) is 7.95. The standard InChI is InChI=1S/C23H24N2O3S/c1-2-5-15-8-9-19-18(10-15)25-20(29-19)14-24-22(28)23(13-21(26)27)11-16-6-3-4-7-17(16)12-23/h3-4,6-10H,2,5,11-14H2,1H3,(H,24,28)(H,26,27). The number of aryl methyl sites for hydroxylation is 1. The molecule has 29 heavy (non-hydrogen) atoms. The molecule has 0 saturated carbocycles. The summed E-state index contributed by atoms with van der Waals surface area (Å²) in [5.41, 5.74) is 3.42. The van der Waals surface area contributed by atoms with Crippen LogP contribution in [0.4, 0.5) is 0 Å². The summed E-state index contributed by atoms with van der Waals surface area (Å²) in [5, 5.41) is 13.2. The van der Waals surface area contributed by atoms with Gasteiger partial charge in [0.25, 0.3) is 0 Å². The van der Waals surface area contributed by atoms with Gasteiger partial charge in [0.05, 0.1) is 28.6 Å². The topological polar surface area (TPSA) is 79.3 Å². The third-order valence-corrected chi connectivity index (χ3v) is 6.62. The van der Waals surface area contributed by atoms with E-state index in [0.717, 1.165) is 39.2 Å². The number of carbonyl (C=O) groups excluding carboxylic acids is 1. The van der Waals surface area contributed by atoms with E-state index in [-0.39, 0.29) is 12.3 Å². The quantitative estimate of drug-likeness (QED) is 0.616. The first kappa shape index (κ1) is 19.6. The summed E-state index contributed by atoms with van der Waals surface area (Å²) in [6, 6.07) is 14.2. The average molecular weight is 409 g/mol. The van der Waals surface area contributed by atoms with Crippen LogP contribution in [0.25, 0.3) is 10.2 Å². The van der Waals surface area contributed by atoms with Crippen molar-refractivity contribution in [1.29, 1.82) is 0 Å². The van der Waals surface area contributed by atoms with E-state index in [1.165, 1.54) is 5.56 Å². The van der Waals surface area contributed by atoms with Gasteiger partial charge in [0.1, 0.15) is 5.01 Å². The molecule has 0 bridgehead atoms. The molecule has 1 heterocycles. The summed E-state index contributed by atoms with van der Waals surface area (Å²) < 4.78 is 1.10. The molecular weight excluding hydrogens is 384 g/mol. The zero-order valence-corrected chi connectivity index (χ0v) is 17.2. The molecule has 6 heteroatoms. The number of aliphatic carboxylic acids is 1. The number of carboxylic acids is 1. The van der Waals surface area contributed by atoms with Crippen LogP contribution in [-0.4, -0.2) is 22.0 Å². The Hall–Kier alpha value is -2.73. The highest BCUT2D eigenvalue weighted by Crippen LogP contribution is 2.40. The molecule has 0 unspecified atom stereocenters. The number of nitrogens with zero attached hydrogens (tertiary/aromatic N) is 1. The molecular formula is C23H24N2O3S. The number of hydrogen-bond donors (Lipinski definition) is 2. The lowest BCUT2D eigenvalue weighted by atomic mass is 9.80. The third-order valence-electron chi connectivity index (χ3n) is 5.58. The number of thiazole rings is 1. The van der Waals surface area contributed by atoms with E-state index in [0.29, 0.717) is 19.4 Å².